The first-order valence-electron chi connectivity index (χ1n) is 8.36. The van der Waals surface area contributed by atoms with Crippen LogP contribution in [-0.4, -0.2) is 46.2 Å². The Morgan fingerprint density at radius 3 is 2.88 bits per heavy atom. The van der Waals surface area contributed by atoms with Crippen LogP contribution in [0.4, 0.5) is 4.79 Å². The maximum atomic E-state index is 11.3. The summed E-state index contributed by atoms with van der Waals surface area (Å²) in [6.45, 7) is 3.91. The molecule has 1 unspecified atom stereocenters. The molecule has 0 bridgehead atoms. The predicted molar refractivity (Wildman–Crippen MR) is 92.2 cm³/mol. The van der Waals surface area contributed by atoms with Gasteiger partial charge < -0.3 is 19.9 Å². The minimum absolute atomic E-state index is 0.0391. The highest BCUT2D eigenvalue weighted by molar-refractivity contribution is 5.81. The number of carbonyl (C=O) groups excluding carboxylic acids is 1. The summed E-state index contributed by atoms with van der Waals surface area (Å²) in [5.41, 5.74) is 2.29. The summed E-state index contributed by atoms with van der Waals surface area (Å²) in [4.78, 5) is 24.0. The van der Waals surface area contributed by atoms with Crippen LogP contribution in [0.25, 0.3) is 10.9 Å². The fourth-order valence-electron chi connectivity index (χ4n) is 3.56. The lowest BCUT2D eigenvalue weighted by Gasteiger charge is -2.31. The van der Waals surface area contributed by atoms with Gasteiger partial charge in [0.05, 0.1) is 0 Å². The van der Waals surface area contributed by atoms with E-state index in [4.69, 9.17) is 0 Å². The molecule has 2 N–H and O–H groups in total. The van der Waals surface area contributed by atoms with Crippen molar-refractivity contribution in [3.63, 3.8) is 0 Å². The van der Waals surface area contributed by atoms with Crippen molar-refractivity contribution in [1.82, 2.24) is 14.8 Å². The largest absolute Gasteiger partial charge is 0.465 e. The van der Waals surface area contributed by atoms with E-state index in [1.807, 2.05) is 12.1 Å². The number of para-hydroxylation sites is 1. The van der Waals surface area contributed by atoms with Crippen molar-refractivity contribution >= 4 is 22.9 Å². The van der Waals surface area contributed by atoms with Crippen molar-refractivity contribution < 1.29 is 14.7 Å². The first-order valence-corrected chi connectivity index (χ1v) is 8.36. The molecule has 1 saturated heterocycles. The lowest BCUT2D eigenvalue weighted by molar-refractivity contribution is -0.118. The average Bonchev–Trinajstić information content (AvgIpc) is 2.93. The fourth-order valence-corrected chi connectivity index (χ4v) is 3.56. The summed E-state index contributed by atoms with van der Waals surface area (Å²) in [7, 11) is 0. The number of carbonyl (C=O) groups is 2. The molecule has 1 aliphatic heterocycles. The molecule has 2 heterocycles. The van der Waals surface area contributed by atoms with Crippen molar-refractivity contribution in [2.45, 2.75) is 32.2 Å². The molecule has 2 aromatic rings. The van der Waals surface area contributed by atoms with Gasteiger partial charge in [0.15, 0.2) is 0 Å². The van der Waals surface area contributed by atoms with Crippen molar-refractivity contribution in [2.75, 3.05) is 19.6 Å². The summed E-state index contributed by atoms with van der Waals surface area (Å²) >= 11 is 0. The zero-order chi connectivity index (χ0) is 17.1. The van der Waals surface area contributed by atoms with Gasteiger partial charge in [-0.2, -0.15) is 0 Å². The van der Waals surface area contributed by atoms with Gasteiger partial charge >= 0.3 is 6.09 Å². The van der Waals surface area contributed by atoms with E-state index in [2.05, 4.69) is 28.1 Å². The van der Waals surface area contributed by atoms with Crippen molar-refractivity contribution in [2.24, 2.45) is 0 Å². The van der Waals surface area contributed by atoms with Crippen molar-refractivity contribution in [1.29, 1.82) is 0 Å². The number of rotatable bonds is 4. The molecule has 6 heteroatoms. The third-order valence-electron chi connectivity index (χ3n) is 4.66. The Labute approximate surface area is 141 Å². The number of carboxylic acid groups (broad SMARTS) is 1. The van der Waals surface area contributed by atoms with Gasteiger partial charge in [0.1, 0.15) is 0 Å². The second-order valence-corrected chi connectivity index (χ2v) is 6.33. The normalized spacial score (nSPS) is 17.9. The van der Waals surface area contributed by atoms with Crippen LogP contribution in [-0.2, 0) is 11.3 Å². The Kier molecular flexibility index (Phi) is 4.74. The number of hydrogen-bond acceptors (Lipinski definition) is 2. The van der Waals surface area contributed by atoms with Crippen LogP contribution in [0, 0.1) is 0 Å². The quantitative estimate of drug-likeness (QED) is 0.905. The first kappa shape index (κ1) is 16.4. The van der Waals surface area contributed by atoms with Gasteiger partial charge in [-0.1, -0.05) is 18.2 Å². The molecule has 1 aromatic heterocycles. The van der Waals surface area contributed by atoms with Gasteiger partial charge in [0, 0.05) is 50.2 Å². The second-order valence-electron chi connectivity index (χ2n) is 6.33. The topological polar surface area (TPSA) is 74.6 Å². The highest BCUT2D eigenvalue weighted by Gasteiger charge is 2.27. The van der Waals surface area contributed by atoms with Gasteiger partial charge in [-0.3, -0.25) is 4.79 Å². The SMILES string of the molecule is CC(=O)NCCn1c(C2CCCN(C(=O)O)C2)cc2ccccc21. The van der Waals surface area contributed by atoms with Gasteiger partial charge in [0.2, 0.25) is 5.91 Å². The van der Waals surface area contributed by atoms with E-state index in [1.54, 1.807) is 0 Å². The predicted octanol–water partition coefficient (Wildman–Crippen LogP) is 2.63. The smallest absolute Gasteiger partial charge is 0.407 e. The van der Waals surface area contributed by atoms with Crippen molar-refractivity contribution in [3.05, 3.63) is 36.0 Å². The number of nitrogens with one attached hydrogen (secondary N) is 1. The van der Waals surface area contributed by atoms with E-state index < -0.39 is 6.09 Å². The lowest BCUT2D eigenvalue weighted by atomic mass is 9.94. The number of amides is 2. The molecule has 6 nitrogen and oxygen atoms in total. The van der Waals surface area contributed by atoms with Gasteiger partial charge in [-0.15, -0.1) is 0 Å². The zero-order valence-electron chi connectivity index (χ0n) is 13.9. The molecule has 2 amide bonds. The van der Waals surface area contributed by atoms with Crippen LogP contribution >= 0.6 is 0 Å². The molecule has 0 radical (unpaired) electrons. The number of fused-ring (bicyclic) bond motifs is 1. The molecule has 24 heavy (non-hydrogen) atoms. The van der Waals surface area contributed by atoms with E-state index in [9.17, 15) is 14.7 Å². The van der Waals surface area contributed by atoms with Gasteiger partial charge in [-0.25, -0.2) is 4.79 Å². The molecule has 0 aliphatic carbocycles. The Morgan fingerprint density at radius 2 is 2.12 bits per heavy atom. The monoisotopic (exact) mass is 329 g/mol. The van der Waals surface area contributed by atoms with Crippen LogP contribution in [0.3, 0.4) is 0 Å². The summed E-state index contributed by atoms with van der Waals surface area (Å²) in [6.07, 6.45) is 1.02. The molecular formula is C18H23N3O3. The van der Waals surface area contributed by atoms with Crippen LogP contribution in [0.2, 0.25) is 0 Å². The standard InChI is InChI=1S/C18H23N3O3/c1-13(22)19-8-10-21-16-7-3-2-5-14(16)11-17(21)15-6-4-9-20(12-15)18(23)24/h2-3,5,7,11,15H,4,6,8-10,12H2,1H3,(H,19,22)(H,23,24). The summed E-state index contributed by atoms with van der Waals surface area (Å²) in [5.74, 6) is 0.155. The highest BCUT2D eigenvalue weighted by atomic mass is 16.4. The number of hydrogen-bond donors (Lipinski definition) is 2. The van der Waals surface area contributed by atoms with E-state index in [-0.39, 0.29) is 11.8 Å². The van der Waals surface area contributed by atoms with Crippen molar-refractivity contribution in [3.8, 4) is 0 Å². The number of benzene rings is 1. The fraction of sp³-hybridized carbons (Fsp3) is 0.444. The minimum atomic E-state index is -0.847. The summed E-state index contributed by atoms with van der Waals surface area (Å²) < 4.78 is 2.22. The van der Waals surface area contributed by atoms with Crippen LogP contribution in [0.5, 0.6) is 0 Å². The number of nitrogens with zero attached hydrogens (tertiary/aromatic N) is 2. The lowest BCUT2D eigenvalue weighted by Crippen LogP contribution is -2.38. The second kappa shape index (κ2) is 6.95. The molecule has 1 aromatic carbocycles. The molecule has 3 rings (SSSR count). The Balaban J connectivity index is 1.90. The maximum absolute atomic E-state index is 11.3. The Hall–Kier alpha value is -2.50. The Morgan fingerprint density at radius 1 is 1.33 bits per heavy atom. The molecule has 0 saturated carbocycles. The molecule has 1 aliphatic rings. The third kappa shape index (κ3) is 3.37. The molecule has 1 atom stereocenters. The maximum Gasteiger partial charge on any atom is 0.407 e. The highest BCUT2D eigenvalue weighted by Crippen LogP contribution is 2.31. The molecular weight excluding hydrogens is 306 g/mol. The zero-order valence-corrected chi connectivity index (χ0v) is 13.9. The van der Waals surface area contributed by atoms with E-state index in [1.165, 1.54) is 11.8 Å². The van der Waals surface area contributed by atoms with E-state index in [0.717, 1.165) is 29.4 Å². The van der Waals surface area contributed by atoms with Gasteiger partial charge in [0.25, 0.3) is 0 Å². The van der Waals surface area contributed by atoms with Crippen LogP contribution in [0.15, 0.2) is 30.3 Å². The van der Waals surface area contributed by atoms with Crippen LogP contribution < -0.4 is 5.32 Å². The number of piperidine rings is 1. The third-order valence-corrected chi connectivity index (χ3v) is 4.66. The van der Waals surface area contributed by atoms with Crippen LogP contribution in [0.1, 0.15) is 31.4 Å². The first-order chi connectivity index (χ1) is 11.6. The average molecular weight is 329 g/mol. The van der Waals surface area contributed by atoms with E-state index >= 15 is 0 Å². The minimum Gasteiger partial charge on any atom is -0.465 e. The summed E-state index contributed by atoms with van der Waals surface area (Å²) in [6, 6.07) is 10.3. The summed E-state index contributed by atoms with van der Waals surface area (Å²) in [5, 5.41) is 13.3. The van der Waals surface area contributed by atoms with E-state index in [0.29, 0.717) is 26.2 Å². The Bertz CT molecular complexity index is 753. The molecule has 128 valence electrons. The van der Waals surface area contributed by atoms with Gasteiger partial charge in [-0.05, 0) is 30.4 Å². The number of likely N-dealkylation sites (tertiary alicyclic amines) is 1. The molecule has 1 fully saturated rings. The number of aromatic nitrogens is 1. The molecule has 0 spiro atoms.